The van der Waals surface area contributed by atoms with Crippen LogP contribution >= 0.6 is 0 Å². The molecule has 0 radical (unpaired) electrons. The minimum atomic E-state index is -5.35. The van der Waals surface area contributed by atoms with E-state index in [1.165, 1.54) is 0 Å². The molecule has 2 atom stereocenters. The fourth-order valence-electron chi connectivity index (χ4n) is 4.31. The predicted molar refractivity (Wildman–Crippen MR) is 158 cm³/mol. The monoisotopic (exact) mass is 612 g/mol. The van der Waals surface area contributed by atoms with Gasteiger partial charge in [-0.1, -0.05) is 80.4 Å². The number of nitrogens with zero attached hydrogens (tertiary/aromatic N) is 1. The average Bonchev–Trinajstić information content (AvgIpc) is 3.01. The summed E-state index contributed by atoms with van der Waals surface area (Å²) in [5, 5.41) is 8.50. The Hall–Kier alpha value is -4.74. The van der Waals surface area contributed by atoms with Gasteiger partial charge in [-0.25, -0.2) is 9.78 Å². The molecule has 0 aliphatic heterocycles. The summed E-state index contributed by atoms with van der Waals surface area (Å²) in [6.45, 7) is 2.40. The van der Waals surface area contributed by atoms with Gasteiger partial charge in [-0.3, -0.25) is 14.4 Å². The minimum Gasteiger partial charge on any atom is -0.386 e. The van der Waals surface area contributed by atoms with Crippen LogP contribution in [-0.2, 0) is 23.9 Å². The fourth-order valence-corrected chi connectivity index (χ4v) is 4.31. The van der Waals surface area contributed by atoms with Crippen LogP contribution in [0, 0.1) is 0 Å². The van der Waals surface area contributed by atoms with Crippen molar-refractivity contribution in [3.05, 3.63) is 84.6 Å². The Morgan fingerprint density at radius 3 is 2.18 bits per heavy atom. The molecule has 1 aromatic heterocycles. The van der Waals surface area contributed by atoms with E-state index in [9.17, 15) is 32.3 Å². The Kier molecular flexibility index (Phi) is 12.9. The van der Waals surface area contributed by atoms with E-state index in [0.29, 0.717) is 37.2 Å². The first-order valence-corrected chi connectivity index (χ1v) is 14.3. The molecule has 3 N–H and O–H groups in total. The van der Waals surface area contributed by atoms with Crippen molar-refractivity contribution in [1.82, 2.24) is 15.6 Å². The van der Waals surface area contributed by atoms with Gasteiger partial charge < -0.3 is 20.7 Å². The number of anilines is 1. The topological polar surface area (TPSA) is 126 Å². The molecular weight excluding hydrogens is 577 g/mol. The molecule has 3 rings (SSSR count). The van der Waals surface area contributed by atoms with Gasteiger partial charge in [-0.05, 0) is 41.7 Å². The zero-order chi connectivity index (χ0) is 32.0. The van der Waals surface area contributed by atoms with Gasteiger partial charge in [0.05, 0.1) is 12.5 Å². The average molecular weight is 613 g/mol. The Morgan fingerprint density at radius 2 is 1.55 bits per heavy atom. The van der Waals surface area contributed by atoms with Gasteiger partial charge in [0.1, 0.15) is 11.9 Å². The van der Waals surface area contributed by atoms with Crippen LogP contribution in [0.5, 0.6) is 0 Å². The Morgan fingerprint density at radius 1 is 0.864 bits per heavy atom. The first-order valence-electron chi connectivity index (χ1n) is 14.3. The molecule has 9 nitrogen and oxygen atoms in total. The summed E-state index contributed by atoms with van der Waals surface area (Å²) in [5.74, 6) is -4.41. The molecule has 0 bridgehead atoms. The van der Waals surface area contributed by atoms with Crippen molar-refractivity contribution in [1.29, 1.82) is 0 Å². The van der Waals surface area contributed by atoms with Crippen molar-refractivity contribution in [3.63, 3.8) is 0 Å². The zero-order valence-electron chi connectivity index (χ0n) is 24.2. The number of pyridine rings is 1. The van der Waals surface area contributed by atoms with E-state index in [1.54, 1.807) is 42.6 Å². The van der Waals surface area contributed by atoms with Gasteiger partial charge in [-0.2, -0.15) is 13.2 Å². The molecule has 2 amide bonds. The SMILES string of the molecule is CCCC[C@@H](NC(=O)CCCNc1ccccn1)C(=O)NC(CC(=O)OC(=O)C(F)(F)F)c1ccc(-c2ccccc2)cc1. The summed E-state index contributed by atoms with van der Waals surface area (Å²) >= 11 is 0. The summed E-state index contributed by atoms with van der Waals surface area (Å²) in [7, 11) is 0. The van der Waals surface area contributed by atoms with Crippen LogP contribution in [0.2, 0.25) is 0 Å². The number of rotatable bonds is 15. The summed E-state index contributed by atoms with van der Waals surface area (Å²) in [5.41, 5.74) is 2.14. The number of benzene rings is 2. The molecule has 0 aliphatic carbocycles. The molecule has 0 saturated carbocycles. The van der Waals surface area contributed by atoms with Crippen molar-refractivity contribution in [2.45, 2.75) is 63.7 Å². The largest absolute Gasteiger partial charge is 0.491 e. The lowest BCUT2D eigenvalue weighted by molar-refractivity contribution is -0.202. The highest BCUT2D eigenvalue weighted by Gasteiger charge is 2.42. The summed E-state index contributed by atoms with van der Waals surface area (Å²) < 4.78 is 42.0. The molecule has 3 aromatic rings. The zero-order valence-corrected chi connectivity index (χ0v) is 24.2. The van der Waals surface area contributed by atoms with Crippen LogP contribution in [0.1, 0.15) is 57.1 Å². The lowest BCUT2D eigenvalue weighted by Gasteiger charge is -2.24. The van der Waals surface area contributed by atoms with Gasteiger partial charge >= 0.3 is 18.1 Å². The number of carbonyl (C=O) groups is 4. The van der Waals surface area contributed by atoms with Gasteiger partial charge in [0.15, 0.2) is 0 Å². The fraction of sp³-hybridized carbons (Fsp3) is 0.344. The van der Waals surface area contributed by atoms with Gasteiger partial charge in [0.25, 0.3) is 0 Å². The third-order valence-electron chi connectivity index (χ3n) is 6.60. The third kappa shape index (κ3) is 11.2. The quantitative estimate of drug-likeness (QED) is 0.118. The number of ether oxygens (including phenoxy) is 1. The maximum Gasteiger partial charge on any atom is 0.491 e. The number of hydrogen-bond acceptors (Lipinski definition) is 7. The molecule has 0 aliphatic rings. The molecule has 1 unspecified atom stereocenters. The highest BCUT2D eigenvalue weighted by molar-refractivity contribution is 5.90. The molecule has 0 saturated heterocycles. The Labute approximate surface area is 253 Å². The maximum atomic E-state index is 13.4. The van der Waals surface area contributed by atoms with E-state index in [2.05, 4.69) is 25.7 Å². The second-order valence-electron chi connectivity index (χ2n) is 10.0. The molecule has 0 fully saturated rings. The van der Waals surface area contributed by atoms with Gasteiger partial charge in [-0.15, -0.1) is 0 Å². The number of amides is 2. The number of nitrogens with one attached hydrogen (secondary N) is 3. The molecule has 1 heterocycles. The summed E-state index contributed by atoms with van der Waals surface area (Å²) in [4.78, 5) is 53.8. The molecule has 2 aromatic carbocycles. The first-order chi connectivity index (χ1) is 21.1. The third-order valence-corrected chi connectivity index (χ3v) is 6.60. The van der Waals surface area contributed by atoms with E-state index in [0.717, 1.165) is 17.5 Å². The van der Waals surface area contributed by atoms with Crippen LogP contribution in [-0.4, -0.2) is 47.5 Å². The number of unbranched alkanes of at least 4 members (excludes halogenated alkanes) is 1. The van der Waals surface area contributed by atoms with Crippen molar-refractivity contribution in [3.8, 4) is 11.1 Å². The van der Waals surface area contributed by atoms with Crippen molar-refractivity contribution in [2.24, 2.45) is 0 Å². The second kappa shape index (κ2) is 16.8. The van der Waals surface area contributed by atoms with Crippen LogP contribution < -0.4 is 16.0 Å². The van der Waals surface area contributed by atoms with Crippen molar-refractivity contribution < 1.29 is 37.1 Å². The summed E-state index contributed by atoms with van der Waals surface area (Å²) in [6.07, 6.45) is -2.20. The van der Waals surface area contributed by atoms with Crippen molar-refractivity contribution >= 4 is 29.6 Å². The second-order valence-corrected chi connectivity index (χ2v) is 10.0. The number of esters is 2. The predicted octanol–water partition coefficient (Wildman–Crippen LogP) is 5.50. The first kappa shape index (κ1) is 33.8. The minimum absolute atomic E-state index is 0.131. The van der Waals surface area contributed by atoms with Crippen molar-refractivity contribution in [2.75, 3.05) is 11.9 Å². The standard InChI is InChI=1S/C32H35F3N4O5/c1-2-3-12-25(38-28(40)14-9-20-37-27-13-7-8-19-36-27)30(42)39-26(21-29(41)44-31(43)32(33,34)35)24-17-15-23(16-18-24)22-10-5-4-6-11-22/h4-8,10-11,13,15-19,25-26H,2-3,9,12,14,20-21H2,1H3,(H,36,37)(H,38,40)(H,39,42)/t25-,26?/m1/s1. The number of alkyl halides is 3. The van der Waals surface area contributed by atoms with Crippen LogP contribution in [0.4, 0.5) is 19.0 Å². The van der Waals surface area contributed by atoms with E-state index in [4.69, 9.17) is 0 Å². The molecule has 234 valence electrons. The maximum absolute atomic E-state index is 13.4. The van der Waals surface area contributed by atoms with E-state index in [1.807, 2.05) is 43.3 Å². The molecular formula is C32H35F3N4O5. The van der Waals surface area contributed by atoms with Crippen LogP contribution in [0.25, 0.3) is 11.1 Å². The smallest absolute Gasteiger partial charge is 0.386 e. The number of aromatic nitrogens is 1. The Bertz CT molecular complexity index is 1370. The lowest BCUT2D eigenvalue weighted by Crippen LogP contribution is -2.48. The number of carbonyl (C=O) groups excluding carboxylic acids is 4. The molecule has 0 spiro atoms. The highest BCUT2D eigenvalue weighted by atomic mass is 19.4. The van der Waals surface area contributed by atoms with Crippen LogP contribution in [0.3, 0.4) is 0 Å². The van der Waals surface area contributed by atoms with Gasteiger partial charge in [0.2, 0.25) is 11.8 Å². The van der Waals surface area contributed by atoms with E-state index in [-0.39, 0.29) is 12.3 Å². The normalized spacial score (nSPS) is 12.5. The highest BCUT2D eigenvalue weighted by Crippen LogP contribution is 2.25. The number of halogens is 3. The van der Waals surface area contributed by atoms with E-state index < -0.39 is 42.5 Å². The molecule has 44 heavy (non-hydrogen) atoms. The molecule has 12 heteroatoms. The lowest BCUT2D eigenvalue weighted by atomic mass is 9.98. The van der Waals surface area contributed by atoms with E-state index >= 15 is 0 Å². The Balaban J connectivity index is 1.70. The number of hydrogen-bond donors (Lipinski definition) is 3. The summed E-state index contributed by atoms with van der Waals surface area (Å²) in [6, 6.07) is 19.4. The van der Waals surface area contributed by atoms with Crippen LogP contribution in [0.15, 0.2) is 79.0 Å². The van der Waals surface area contributed by atoms with Gasteiger partial charge in [0, 0.05) is 19.2 Å².